The molecule has 6 saturated carbocycles. The Kier molecular flexibility index (Phi) is 39.9. The lowest BCUT2D eigenvalue weighted by Gasteiger charge is -2.16. The Hall–Kier alpha value is -12.3. The van der Waals surface area contributed by atoms with Crippen molar-refractivity contribution in [2.45, 2.75) is 281 Å². The van der Waals surface area contributed by atoms with E-state index in [0.717, 1.165) is 70.4 Å². The molecule has 6 aliphatic carbocycles. The van der Waals surface area contributed by atoms with Crippen LogP contribution in [-0.2, 0) is 68.4 Å². The fraction of sp³-hybridized carbons (Fsp3) is 0.355. The third-order valence-electron chi connectivity index (χ3n) is 25.1. The second kappa shape index (κ2) is 52.8. The Balaban J connectivity index is 0.000000144. The van der Waals surface area contributed by atoms with Gasteiger partial charge in [-0.1, -0.05) is 230 Å². The highest BCUT2D eigenvalue weighted by Crippen LogP contribution is 2.51. The maximum Gasteiger partial charge on any atom is 0.310 e. The zero-order chi connectivity index (χ0) is 102. The van der Waals surface area contributed by atoms with E-state index in [1.807, 2.05) is 116 Å². The quantitative estimate of drug-likeness (QED) is 0.0203. The van der Waals surface area contributed by atoms with Crippen LogP contribution >= 0.6 is 50.1 Å². The number of hydrogen-bond acceptors (Lipinski definition) is 18. The molecule has 0 atom stereocenters. The summed E-state index contributed by atoms with van der Waals surface area (Å²) in [6.07, 6.45) is 16.6. The maximum atomic E-state index is 14.2. The van der Waals surface area contributed by atoms with Crippen LogP contribution < -0.4 is 56.8 Å². The summed E-state index contributed by atoms with van der Waals surface area (Å²) in [6.45, 7) is 27.1. The number of benzene rings is 12. The van der Waals surface area contributed by atoms with Crippen molar-refractivity contribution in [2.24, 2.45) is 0 Å². The highest BCUT2D eigenvalue weighted by molar-refractivity contribution is 14.1. The first-order valence-corrected chi connectivity index (χ1v) is 52.2. The van der Waals surface area contributed by atoms with Crippen molar-refractivity contribution < 1.29 is 90.0 Å². The number of halogens is 4. The number of rotatable bonds is 36. The summed E-state index contributed by atoms with van der Waals surface area (Å²) in [7, 11) is 0. The molecule has 6 aliphatic rings. The number of ether oxygens (including phenoxy) is 12. The number of hydrogen-bond donors (Lipinski definition) is 0. The molecule has 12 aromatic rings. The maximum absolute atomic E-state index is 14.2. The smallest absolute Gasteiger partial charge is 0.310 e. The van der Waals surface area contributed by atoms with Gasteiger partial charge in [0, 0.05) is 68.8 Å². The molecule has 12 aromatic carbocycles. The van der Waals surface area contributed by atoms with Crippen LogP contribution in [0.1, 0.15) is 298 Å². The molecule has 0 unspecified atom stereocenters. The number of para-hydroxylation sites is 1. The van der Waals surface area contributed by atoms with Gasteiger partial charge in [0.15, 0.2) is 0 Å². The largest absolute Gasteiger partial charge is 0.488 e. The lowest BCUT2D eigenvalue weighted by Crippen LogP contribution is -2.10. The van der Waals surface area contributed by atoms with Gasteiger partial charge in [0.25, 0.3) is 0 Å². The molecule has 18 rings (SSSR count). The lowest BCUT2D eigenvalue weighted by molar-refractivity contribution is -0.135. The summed E-state index contributed by atoms with van der Waals surface area (Å²) in [5.41, 5.74) is 20.7. The summed E-state index contributed by atoms with van der Waals surface area (Å²) in [4.78, 5) is 69.6. The Morgan fingerprint density at radius 1 is 0.280 bits per heavy atom. The molecule has 6 fully saturated rings. The molecule has 22 heteroatoms. The minimum Gasteiger partial charge on any atom is -0.488 e. The molecule has 18 nitrogen and oxygen atoms in total. The highest BCUT2D eigenvalue weighted by atomic mass is 127. The molecule has 0 amide bonds. The predicted octanol–water partition coefficient (Wildman–Crippen LogP) is 31.1. The van der Waals surface area contributed by atoms with E-state index in [4.69, 9.17) is 68.4 Å². The molecule has 0 heterocycles. The van der Waals surface area contributed by atoms with Crippen LogP contribution in [-0.4, -0.2) is 35.8 Å². The molecule has 0 spiro atoms. The van der Waals surface area contributed by atoms with E-state index < -0.39 is 11.8 Å². The summed E-state index contributed by atoms with van der Waals surface area (Å²) >= 11 is 12.1. The first kappa shape index (κ1) is 108. The van der Waals surface area contributed by atoms with E-state index in [-0.39, 0.29) is 60.8 Å². The summed E-state index contributed by atoms with van der Waals surface area (Å²) < 4.78 is 84.7. The van der Waals surface area contributed by atoms with Gasteiger partial charge in [0.2, 0.25) is 0 Å². The number of carbonyl (C=O) groups excluding carboxylic acids is 6. The normalized spacial score (nSPS) is 13.6. The Morgan fingerprint density at radius 2 is 0.531 bits per heavy atom. The Labute approximate surface area is 868 Å². The van der Waals surface area contributed by atoms with E-state index in [1.54, 1.807) is 71.9 Å². The van der Waals surface area contributed by atoms with Gasteiger partial charge < -0.3 is 56.8 Å². The number of aryl methyl sites for hydroxylation is 7. The number of esters is 6. The van der Waals surface area contributed by atoms with E-state index >= 15 is 0 Å². The van der Waals surface area contributed by atoms with Gasteiger partial charge >= 0.3 is 35.8 Å². The van der Waals surface area contributed by atoms with Crippen LogP contribution in [0, 0.1) is 57.9 Å². The molecule has 0 N–H and O–H groups in total. The predicted molar refractivity (Wildman–Crippen MR) is 569 cm³/mol. The van der Waals surface area contributed by atoms with E-state index in [2.05, 4.69) is 153 Å². The molecule has 0 aliphatic heterocycles. The average molecular weight is 2130 g/mol. The van der Waals surface area contributed by atoms with Crippen LogP contribution in [0.3, 0.4) is 0 Å². The van der Waals surface area contributed by atoms with Crippen molar-refractivity contribution in [3.05, 3.63) is 349 Å². The third kappa shape index (κ3) is 32.6. The first-order valence-electron chi connectivity index (χ1n) is 50.0. The molecule has 0 saturated heterocycles. The molecule has 750 valence electrons. The standard InChI is InChI=1S/C21H24O3.C20H21BrO3.C20H21ClO3.C20H21FO3.C20H21IO3.C20H22O3/c1-4-21(22)24-20-7-5-6-15(3)18(20)13-23-19-11-8-14(2)12-17(19)16-9-10-16;4*1-3-20(22)24-19-6-4-5-17(21)16(19)12-23-18-10-7-13(2)11-15(18)14-8-9-14;1-3-20(21)23-18-7-5-4-6-16(18)13-22-19-11-8-14(2)12-17(19)15-9-10-15/h5-8,11-12,16H,4,9-10,13H2,1-3H3;4*4-7,10-11,14H,3,8-9,12H2,1-2H3;4-8,11-12,15H,3,9-10,13H2,1-2H3. The summed E-state index contributed by atoms with van der Waals surface area (Å²) in [5.74, 6) is 10.0. The van der Waals surface area contributed by atoms with Crippen LogP contribution in [0.5, 0.6) is 69.0 Å². The van der Waals surface area contributed by atoms with Gasteiger partial charge in [-0.15, -0.1) is 0 Å². The topological polar surface area (TPSA) is 213 Å². The van der Waals surface area contributed by atoms with Gasteiger partial charge in [0.1, 0.15) is 114 Å². The molecular formula is C121H130BrClFIO18. The van der Waals surface area contributed by atoms with Gasteiger partial charge in [-0.2, -0.15) is 0 Å². The summed E-state index contributed by atoms with van der Waals surface area (Å²) in [6, 6.07) is 72.0. The SMILES string of the molecule is CCC(=O)Oc1cccc(Br)c1COc1ccc(C)cc1C1CC1.CCC(=O)Oc1cccc(C)c1COc1ccc(C)cc1C1CC1.CCC(=O)Oc1cccc(Cl)c1COc1ccc(C)cc1C1CC1.CCC(=O)Oc1cccc(F)c1COc1ccc(C)cc1C1CC1.CCC(=O)Oc1cccc(I)c1COc1ccc(C)cc1C1CC1.CCC(=O)Oc1ccccc1COc1ccc(C)cc1C1CC1. The first-order chi connectivity index (χ1) is 69.1. The minimum absolute atomic E-state index is 0.0295. The second-order valence-corrected chi connectivity index (χ2v) is 39.5. The van der Waals surface area contributed by atoms with Gasteiger partial charge in [-0.3, -0.25) is 28.8 Å². The fourth-order valence-corrected chi connectivity index (χ4v) is 17.2. The molecule has 0 bridgehead atoms. The van der Waals surface area contributed by atoms with Crippen LogP contribution in [0.2, 0.25) is 5.02 Å². The van der Waals surface area contributed by atoms with Crippen molar-refractivity contribution in [3.63, 3.8) is 0 Å². The van der Waals surface area contributed by atoms with Gasteiger partial charge in [-0.25, -0.2) is 4.39 Å². The van der Waals surface area contributed by atoms with Crippen molar-refractivity contribution in [1.82, 2.24) is 0 Å². The lowest BCUT2D eigenvalue weighted by atomic mass is 10.1. The number of carbonyl (C=O) groups is 6. The second-order valence-electron chi connectivity index (χ2n) is 37.1. The van der Waals surface area contributed by atoms with E-state index in [9.17, 15) is 33.2 Å². The monoisotopic (exact) mass is 2130 g/mol. The zero-order valence-electron chi connectivity index (χ0n) is 84.2. The van der Waals surface area contributed by atoms with Crippen molar-refractivity contribution in [1.29, 1.82) is 0 Å². The van der Waals surface area contributed by atoms with E-state index in [0.29, 0.717) is 133 Å². The fourth-order valence-electron chi connectivity index (χ4n) is 15.9. The molecular weight excluding hydrogens is 2000 g/mol. The van der Waals surface area contributed by atoms with Crippen LogP contribution in [0.4, 0.5) is 4.39 Å². The van der Waals surface area contributed by atoms with Crippen LogP contribution in [0.15, 0.2) is 229 Å². The molecule has 0 radical (unpaired) electrons. The highest BCUT2D eigenvalue weighted by Gasteiger charge is 2.34. The summed E-state index contributed by atoms with van der Waals surface area (Å²) in [5, 5.41) is 0.538. The molecule has 143 heavy (non-hydrogen) atoms. The zero-order valence-corrected chi connectivity index (χ0v) is 88.7. The molecule has 0 aromatic heterocycles. The van der Waals surface area contributed by atoms with E-state index in [1.165, 1.54) is 156 Å². The minimum atomic E-state index is -0.434. The van der Waals surface area contributed by atoms with Gasteiger partial charge in [0.05, 0.1) is 16.1 Å². The van der Waals surface area contributed by atoms with Gasteiger partial charge in [-0.05, 0) is 320 Å². The van der Waals surface area contributed by atoms with Crippen LogP contribution in [0.25, 0.3) is 0 Å². The van der Waals surface area contributed by atoms with Crippen molar-refractivity contribution in [2.75, 3.05) is 0 Å². The average Bonchev–Trinajstić information content (AvgIpc) is 1.78. The third-order valence-corrected chi connectivity index (χ3v) is 27.2. The van der Waals surface area contributed by atoms with Crippen molar-refractivity contribution in [3.8, 4) is 69.0 Å². The Bertz CT molecular complexity index is 5700. The van der Waals surface area contributed by atoms with Crippen molar-refractivity contribution >= 4 is 85.9 Å². The Morgan fingerprint density at radius 3 is 0.881 bits per heavy atom.